The molecule has 2 N–H and O–H groups in total. The third-order valence-corrected chi connectivity index (χ3v) is 3.55. The van der Waals surface area contributed by atoms with Gasteiger partial charge < -0.3 is 15.5 Å². The molecule has 1 aromatic rings. The predicted molar refractivity (Wildman–Crippen MR) is 79.8 cm³/mol. The van der Waals surface area contributed by atoms with Gasteiger partial charge in [-0.2, -0.15) is 4.98 Å². The van der Waals surface area contributed by atoms with Gasteiger partial charge in [0.1, 0.15) is 5.82 Å². The van der Waals surface area contributed by atoms with Crippen molar-refractivity contribution in [3.8, 4) is 0 Å². The van der Waals surface area contributed by atoms with E-state index in [-0.39, 0.29) is 5.91 Å². The van der Waals surface area contributed by atoms with Crippen molar-refractivity contribution in [2.75, 3.05) is 36.4 Å². The van der Waals surface area contributed by atoms with Gasteiger partial charge >= 0.3 is 0 Å². The van der Waals surface area contributed by atoms with Gasteiger partial charge in [-0.05, 0) is 31.7 Å². The number of rotatable bonds is 5. The molecule has 0 saturated carbocycles. The fraction of sp³-hybridized carbons (Fsp3) is 0.643. The number of anilines is 2. The van der Waals surface area contributed by atoms with Gasteiger partial charge in [-0.1, -0.05) is 0 Å². The average Bonchev–Trinajstić information content (AvgIpc) is 2.46. The summed E-state index contributed by atoms with van der Waals surface area (Å²) in [7, 11) is 0. The van der Waals surface area contributed by atoms with E-state index >= 15 is 0 Å². The first kappa shape index (κ1) is 14.6. The monoisotopic (exact) mass is 277 g/mol. The number of hydrogen-bond donors (Lipinski definition) is 2. The van der Waals surface area contributed by atoms with Crippen LogP contribution in [0, 0.1) is 5.92 Å². The molecule has 0 unspecified atom stereocenters. The number of carbonyl (C=O) groups excluding carboxylic acids is 1. The summed E-state index contributed by atoms with van der Waals surface area (Å²) in [6, 6.07) is 1.95. The van der Waals surface area contributed by atoms with E-state index in [0.29, 0.717) is 11.9 Å². The molecule has 1 aromatic heterocycles. The first-order valence-electron chi connectivity index (χ1n) is 7.25. The number of piperidine rings is 1. The summed E-state index contributed by atoms with van der Waals surface area (Å²) in [5.41, 5.74) is 0. The lowest BCUT2D eigenvalue weighted by Gasteiger charge is -2.32. The highest BCUT2D eigenvalue weighted by atomic mass is 16.1. The van der Waals surface area contributed by atoms with E-state index in [0.717, 1.165) is 44.8 Å². The molecule has 6 nitrogen and oxygen atoms in total. The van der Waals surface area contributed by atoms with E-state index in [1.54, 1.807) is 13.1 Å². The molecule has 1 aliphatic rings. The van der Waals surface area contributed by atoms with Crippen LogP contribution in [0.2, 0.25) is 0 Å². The largest absolute Gasteiger partial charge is 0.356 e. The average molecular weight is 277 g/mol. The van der Waals surface area contributed by atoms with Gasteiger partial charge in [-0.25, -0.2) is 4.98 Å². The zero-order valence-corrected chi connectivity index (χ0v) is 12.2. The summed E-state index contributed by atoms with van der Waals surface area (Å²) in [4.78, 5) is 21.9. The van der Waals surface area contributed by atoms with Crippen molar-refractivity contribution >= 4 is 17.7 Å². The number of amides is 1. The van der Waals surface area contributed by atoms with Gasteiger partial charge in [0.2, 0.25) is 11.9 Å². The van der Waals surface area contributed by atoms with Crippen molar-refractivity contribution in [2.45, 2.75) is 26.7 Å². The van der Waals surface area contributed by atoms with Crippen LogP contribution in [-0.4, -0.2) is 42.1 Å². The summed E-state index contributed by atoms with van der Waals surface area (Å²) in [6.07, 6.45) is 3.96. The van der Waals surface area contributed by atoms with E-state index in [1.165, 1.54) is 0 Å². The van der Waals surface area contributed by atoms with Gasteiger partial charge in [0.15, 0.2) is 0 Å². The van der Waals surface area contributed by atoms with Gasteiger partial charge in [0, 0.05) is 39.3 Å². The number of nitrogens with one attached hydrogen (secondary N) is 2. The Morgan fingerprint density at radius 2 is 2.20 bits per heavy atom. The maximum Gasteiger partial charge on any atom is 0.224 e. The molecule has 2 heterocycles. The quantitative estimate of drug-likeness (QED) is 0.848. The first-order valence-corrected chi connectivity index (χ1v) is 7.25. The fourth-order valence-electron chi connectivity index (χ4n) is 2.42. The fourth-order valence-corrected chi connectivity index (χ4v) is 2.42. The van der Waals surface area contributed by atoms with Crippen LogP contribution in [0.3, 0.4) is 0 Å². The standard InChI is InChI=1S/C14H23N5O/c1-3-15-14-16-7-4-13(18-14)19-8-5-12(6-9-19)10-17-11(2)20/h4,7,12H,3,5-6,8-10H2,1-2H3,(H,17,20)(H,15,16,18). The summed E-state index contributed by atoms with van der Waals surface area (Å²) in [6.45, 7) is 7.17. The molecule has 0 aliphatic carbocycles. The molecule has 1 aliphatic heterocycles. The molecule has 0 radical (unpaired) electrons. The van der Waals surface area contributed by atoms with Gasteiger partial charge in [-0.15, -0.1) is 0 Å². The van der Waals surface area contributed by atoms with Crippen LogP contribution in [0.1, 0.15) is 26.7 Å². The topological polar surface area (TPSA) is 70.2 Å². The Balaban J connectivity index is 1.86. The van der Waals surface area contributed by atoms with Crippen LogP contribution in [0.4, 0.5) is 11.8 Å². The second-order valence-electron chi connectivity index (χ2n) is 5.14. The number of hydrogen-bond acceptors (Lipinski definition) is 5. The summed E-state index contributed by atoms with van der Waals surface area (Å²) in [5.74, 6) is 2.29. The Bertz CT molecular complexity index is 443. The molecular formula is C14H23N5O. The van der Waals surface area contributed by atoms with Crippen LogP contribution in [0.5, 0.6) is 0 Å². The lowest BCUT2D eigenvalue weighted by molar-refractivity contribution is -0.119. The van der Waals surface area contributed by atoms with Crippen molar-refractivity contribution in [1.29, 1.82) is 0 Å². The summed E-state index contributed by atoms with van der Waals surface area (Å²) >= 11 is 0. The van der Waals surface area contributed by atoms with Crippen molar-refractivity contribution in [1.82, 2.24) is 15.3 Å². The molecular weight excluding hydrogens is 254 g/mol. The van der Waals surface area contributed by atoms with Crippen molar-refractivity contribution in [2.24, 2.45) is 5.92 Å². The summed E-state index contributed by atoms with van der Waals surface area (Å²) < 4.78 is 0. The number of aromatic nitrogens is 2. The van der Waals surface area contributed by atoms with Crippen molar-refractivity contribution in [3.05, 3.63) is 12.3 Å². The van der Waals surface area contributed by atoms with E-state index < -0.39 is 0 Å². The van der Waals surface area contributed by atoms with Crippen molar-refractivity contribution < 1.29 is 4.79 Å². The molecule has 0 spiro atoms. The Morgan fingerprint density at radius 3 is 2.85 bits per heavy atom. The first-order chi connectivity index (χ1) is 9.69. The van der Waals surface area contributed by atoms with Crippen molar-refractivity contribution in [3.63, 3.8) is 0 Å². The van der Waals surface area contributed by atoms with E-state index in [4.69, 9.17) is 0 Å². The maximum atomic E-state index is 10.9. The Hall–Kier alpha value is -1.85. The molecule has 0 aromatic carbocycles. The minimum Gasteiger partial charge on any atom is -0.356 e. The minimum atomic E-state index is 0.0542. The van der Waals surface area contributed by atoms with Crippen LogP contribution in [0.25, 0.3) is 0 Å². The molecule has 0 bridgehead atoms. The van der Waals surface area contributed by atoms with Crippen LogP contribution < -0.4 is 15.5 Å². The third-order valence-electron chi connectivity index (χ3n) is 3.55. The minimum absolute atomic E-state index is 0.0542. The van der Waals surface area contributed by atoms with Crippen LogP contribution >= 0.6 is 0 Å². The van der Waals surface area contributed by atoms with E-state index in [9.17, 15) is 4.79 Å². The highest BCUT2D eigenvalue weighted by Crippen LogP contribution is 2.21. The molecule has 20 heavy (non-hydrogen) atoms. The molecule has 2 rings (SSSR count). The molecule has 1 amide bonds. The Labute approximate surface area is 120 Å². The predicted octanol–water partition coefficient (Wildman–Crippen LogP) is 1.26. The zero-order valence-electron chi connectivity index (χ0n) is 12.2. The number of carbonyl (C=O) groups is 1. The smallest absolute Gasteiger partial charge is 0.224 e. The number of nitrogens with zero attached hydrogens (tertiary/aromatic N) is 3. The second-order valence-corrected chi connectivity index (χ2v) is 5.14. The van der Waals surface area contributed by atoms with Gasteiger partial charge in [0.25, 0.3) is 0 Å². The Morgan fingerprint density at radius 1 is 1.45 bits per heavy atom. The Kier molecular flexibility index (Phi) is 5.15. The van der Waals surface area contributed by atoms with Crippen LogP contribution in [-0.2, 0) is 4.79 Å². The second kappa shape index (κ2) is 7.07. The van der Waals surface area contributed by atoms with Gasteiger partial charge in [0.05, 0.1) is 0 Å². The molecule has 110 valence electrons. The maximum absolute atomic E-state index is 10.9. The molecule has 1 fully saturated rings. The summed E-state index contributed by atoms with van der Waals surface area (Å²) in [5, 5.41) is 6.03. The highest BCUT2D eigenvalue weighted by Gasteiger charge is 2.20. The lowest BCUT2D eigenvalue weighted by Crippen LogP contribution is -2.38. The van der Waals surface area contributed by atoms with E-state index in [2.05, 4.69) is 25.5 Å². The third kappa shape index (κ3) is 4.08. The van der Waals surface area contributed by atoms with Gasteiger partial charge in [-0.3, -0.25) is 4.79 Å². The van der Waals surface area contributed by atoms with Crippen LogP contribution in [0.15, 0.2) is 12.3 Å². The highest BCUT2D eigenvalue weighted by molar-refractivity contribution is 5.72. The normalized spacial score (nSPS) is 16.0. The molecule has 6 heteroatoms. The molecule has 0 atom stereocenters. The lowest BCUT2D eigenvalue weighted by atomic mass is 9.97. The van der Waals surface area contributed by atoms with E-state index in [1.807, 2.05) is 13.0 Å². The molecule has 1 saturated heterocycles. The SMILES string of the molecule is CCNc1nccc(N2CCC(CNC(C)=O)CC2)n1. The zero-order chi connectivity index (χ0) is 14.4.